The number of carbonyl (C=O) groups excluding carboxylic acids is 2. The number of carbonyl (C=O) groups is 2. The SMILES string of the molecule is CCOc1cc(/C(O)=C2\C(=O)C(=O)N(CCOC)C2c2c(C)[nH]c3ccccc23)ccc1Cl. The Labute approximate surface area is 196 Å². The Morgan fingerprint density at radius 3 is 2.70 bits per heavy atom. The number of halogens is 1. The number of fused-ring (bicyclic) bond motifs is 1. The number of hydrogen-bond acceptors (Lipinski definition) is 5. The zero-order chi connectivity index (χ0) is 23.7. The highest BCUT2D eigenvalue weighted by atomic mass is 35.5. The molecule has 0 spiro atoms. The number of nitrogens with one attached hydrogen (secondary N) is 1. The Morgan fingerprint density at radius 2 is 1.97 bits per heavy atom. The number of ketones is 1. The van der Waals surface area contributed by atoms with Crippen LogP contribution < -0.4 is 4.74 Å². The number of methoxy groups -OCH3 is 1. The van der Waals surface area contributed by atoms with Gasteiger partial charge in [-0.25, -0.2) is 0 Å². The third-order valence-electron chi connectivity index (χ3n) is 5.80. The lowest BCUT2D eigenvalue weighted by Crippen LogP contribution is -2.32. The van der Waals surface area contributed by atoms with Crippen LogP contribution in [0.3, 0.4) is 0 Å². The molecule has 1 fully saturated rings. The van der Waals surface area contributed by atoms with Gasteiger partial charge >= 0.3 is 0 Å². The standard InChI is InChI=1S/C25H25ClN2O5/c1-4-33-19-13-15(9-10-17(19)26)23(29)21-22(28(11-12-32-3)25(31)24(21)30)20-14(2)27-18-8-6-5-7-16(18)20/h5-10,13,22,27,29H,4,11-12H2,1-3H3/b23-21+. The number of benzene rings is 2. The Bertz CT molecular complexity index is 1260. The minimum atomic E-state index is -0.775. The molecule has 0 aliphatic carbocycles. The van der Waals surface area contributed by atoms with Crippen LogP contribution in [-0.4, -0.2) is 53.5 Å². The number of aromatic nitrogens is 1. The van der Waals surface area contributed by atoms with Crippen LogP contribution in [0, 0.1) is 6.92 Å². The molecule has 1 amide bonds. The van der Waals surface area contributed by atoms with E-state index in [1.165, 1.54) is 12.0 Å². The highest BCUT2D eigenvalue weighted by molar-refractivity contribution is 6.46. The van der Waals surface area contributed by atoms with Gasteiger partial charge in [0.2, 0.25) is 0 Å². The zero-order valence-electron chi connectivity index (χ0n) is 18.6. The number of amides is 1. The average molecular weight is 469 g/mol. The van der Waals surface area contributed by atoms with Crippen molar-refractivity contribution >= 4 is 40.0 Å². The average Bonchev–Trinajstić information content (AvgIpc) is 3.26. The van der Waals surface area contributed by atoms with Crippen LogP contribution in [-0.2, 0) is 14.3 Å². The molecule has 1 aliphatic rings. The molecule has 2 heterocycles. The second-order valence-corrected chi connectivity index (χ2v) is 8.18. The first-order chi connectivity index (χ1) is 15.9. The summed E-state index contributed by atoms with van der Waals surface area (Å²) in [7, 11) is 1.53. The molecule has 0 bridgehead atoms. The molecule has 8 heteroatoms. The van der Waals surface area contributed by atoms with E-state index in [9.17, 15) is 14.7 Å². The number of ether oxygens (including phenoxy) is 2. The fourth-order valence-corrected chi connectivity index (χ4v) is 4.50. The molecule has 1 unspecified atom stereocenters. The Morgan fingerprint density at radius 1 is 1.21 bits per heavy atom. The molecule has 172 valence electrons. The molecule has 33 heavy (non-hydrogen) atoms. The number of aryl methyl sites for hydroxylation is 1. The van der Waals surface area contributed by atoms with Gasteiger partial charge in [0.15, 0.2) is 0 Å². The van der Waals surface area contributed by atoms with Gasteiger partial charge in [0.05, 0.1) is 29.9 Å². The number of rotatable bonds is 7. The summed E-state index contributed by atoms with van der Waals surface area (Å²) in [4.78, 5) is 31.0. The topological polar surface area (TPSA) is 91.9 Å². The number of Topliss-reactive ketones (excluding diaryl/α,β-unsaturated/α-hetero) is 1. The van der Waals surface area contributed by atoms with E-state index in [1.807, 2.05) is 38.1 Å². The monoisotopic (exact) mass is 468 g/mol. The largest absolute Gasteiger partial charge is 0.507 e. The molecule has 1 aromatic heterocycles. The summed E-state index contributed by atoms with van der Waals surface area (Å²) in [6.07, 6.45) is 0. The maximum Gasteiger partial charge on any atom is 0.295 e. The third-order valence-corrected chi connectivity index (χ3v) is 6.11. The van der Waals surface area contributed by atoms with Gasteiger partial charge in [-0.15, -0.1) is 0 Å². The van der Waals surface area contributed by atoms with Crippen LogP contribution >= 0.6 is 11.6 Å². The molecule has 0 radical (unpaired) electrons. The molecule has 2 aromatic carbocycles. The first-order valence-corrected chi connectivity index (χ1v) is 11.0. The van der Waals surface area contributed by atoms with Gasteiger partial charge in [-0.1, -0.05) is 29.8 Å². The van der Waals surface area contributed by atoms with Crippen molar-refractivity contribution in [1.82, 2.24) is 9.88 Å². The van der Waals surface area contributed by atoms with Crippen molar-refractivity contribution in [3.05, 3.63) is 69.9 Å². The van der Waals surface area contributed by atoms with Crippen molar-refractivity contribution in [2.45, 2.75) is 19.9 Å². The molecule has 2 N–H and O–H groups in total. The molecule has 7 nitrogen and oxygen atoms in total. The van der Waals surface area contributed by atoms with Crippen molar-refractivity contribution in [2.24, 2.45) is 0 Å². The van der Waals surface area contributed by atoms with E-state index in [4.69, 9.17) is 21.1 Å². The van der Waals surface area contributed by atoms with Crippen LogP contribution in [0.15, 0.2) is 48.0 Å². The van der Waals surface area contributed by atoms with E-state index in [1.54, 1.807) is 18.2 Å². The summed E-state index contributed by atoms with van der Waals surface area (Å²) in [6.45, 7) is 4.55. The number of likely N-dealkylation sites (tertiary alicyclic amines) is 1. The Kier molecular flexibility index (Phi) is 6.44. The van der Waals surface area contributed by atoms with E-state index in [-0.39, 0.29) is 24.5 Å². The second-order valence-electron chi connectivity index (χ2n) is 7.77. The molecule has 1 atom stereocenters. The van der Waals surface area contributed by atoms with Gasteiger partial charge in [0.1, 0.15) is 11.5 Å². The summed E-state index contributed by atoms with van der Waals surface area (Å²) in [5.41, 5.74) is 2.82. The molecule has 0 saturated carbocycles. The predicted molar refractivity (Wildman–Crippen MR) is 127 cm³/mol. The molecule has 4 rings (SSSR count). The van der Waals surface area contributed by atoms with E-state index in [0.29, 0.717) is 22.9 Å². The van der Waals surface area contributed by atoms with Crippen molar-refractivity contribution in [3.8, 4) is 5.75 Å². The highest BCUT2D eigenvalue weighted by Crippen LogP contribution is 2.43. The van der Waals surface area contributed by atoms with Gasteiger partial charge in [0.25, 0.3) is 11.7 Å². The summed E-state index contributed by atoms with van der Waals surface area (Å²) in [5, 5.41) is 12.6. The number of H-pyrrole nitrogens is 1. The molecule has 3 aromatic rings. The highest BCUT2D eigenvalue weighted by Gasteiger charge is 2.47. The Balaban J connectivity index is 1.95. The fraction of sp³-hybridized carbons (Fsp3) is 0.280. The van der Waals surface area contributed by atoms with E-state index < -0.39 is 17.7 Å². The third kappa shape index (κ3) is 3.98. The van der Waals surface area contributed by atoms with Crippen LogP contribution in [0.5, 0.6) is 5.75 Å². The lowest BCUT2D eigenvalue weighted by Gasteiger charge is -2.25. The number of aliphatic hydroxyl groups is 1. The van der Waals surface area contributed by atoms with Gasteiger partial charge in [-0.3, -0.25) is 9.59 Å². The maximum atomic E-state index is 13.2. The number of aromatic amines is 1. The Hall–Kier alpha value is -3.29. The number of aliphatic hydroxyl groups excluding tert-OH is 1. The predicted octanol–water partition coefficient (Wildman–Crippen LogP) is 4.60. The van der Waals surface area contributed by atoms with Crippen molar-refractivity contribution < 1.29 is 24.2 Å². The molecule has 1 aliphatic heterocycles. The summed E-state index contributed by atoms with van der Waals surface area (Å²) >= 11 is 6.20. The van der Waals surface area contributed by atoms with Crippen molar-refractivity contribution in [2.75, 3.05) is 26.9 Å². The fourth-order valence-electron chi connectivity index (χ4n) is 4.32. The first-order valence-electron chi connectivity index (χ1n) is 10.7. The van der Waals surface area contributed by atoms with E-state index in [2.05, 4.69) is 4.98 Å². The molecular weight excluding hydrogens is 444 g/mol. The summed E-state index contributed by atoms with van der Waals surface area (Å²) in [5.74, 6) is -1.31. The van der Waals surface area contributed by atoms with Crippen molar-refractivity contribution in [3.63, 3.8) is 0 Å². The smallest absolute Gasteiger partial charge is 0.295 e. The zero-order valence-corrected chi connectivity index (χ0v) is 19.4. The van der Waals surface area contributed by atoms with Crippen LogP contribution in [0.4, 0.5) is 0 Å². The maximum absolute atomic E-state index is 13.2. The minimum Gasteiger partial charge on any atom is -0.507 e. The minimum absolute atomic E-state index is 0.0220. The van der Waals surface area contributed by atoms with E-state index >= 15 is 0 Å². The van der Waals surface area contributed by atoms with Crippen LogP contribution in [0.25, 0.3) is 16.7 Å². The lowest BCUT2D eigenvalue weighted by molar-refractivity contribution is -0.140. The molecular formula is C25H25ClN2O5. The first kappa shape index (κ1) is 22.9. The quantitative estimate of drug-likeness (QED) is 0.300. The van der Waals surface area contributed by atoms with Crippen LogP contribution in [0.1, 0.15) is 29.8 Å². The van der Waals surface area contributed by atoms with E-state index in [0.717, 1.165) is 22.2 Å². The summed E-state index contributed by atoms with van der Waals surface area (Å²) < 4.78 is 10.7. The van der Waals surface area contributed by atoms with Crippen molar-refractivity contribution in [1.29, 1.82) is 0 Å². The van der Waals surface area contributed by atoms with Gasteiger partial charge in [-0.2, -0.15) is 0 Å². The number of para-hydroxylation sites is 1. The van der Waals surface area contributed by atoms with Crippen LogP contribution in [0.2, 0.25) is 5.02 Å². The van der Waals surface area contributed by atoms with Gasteiger partial charge < -0.3 is 24.5 Å². The van der Waals surface area contributed by atoms with Gasteiger partial charge in [0, 0.05) is 41.4 Å². The lowest BCUT2D eigenvalue weighted by atomic mass is 9.93. The van der Waals surface area contributed by atoms with Gasteiger partial charge in [-0.05, 0) is 38.1 Å². The number of nitrogens with zero attached hydrogens (tertiary/aromatic N) is 1. The molecule has 1 saturated heterocycles. The normalized spacial score (nSPS) is 17.8. The summed E-state index contributed by atoms with van der Waals surface area (Å²) in [6, 6.07) is 11.7. The second kappa shape index (κ2) is 9.29. The number of hydrogen-bond donors (Lipinski definition) is 2.